The van der Waals surface area contributed by atoms with Gasteiger partial charge in [0.1, 0.15) is 0 Å². The van der Waals surface area contributed by atoms with Crippen LogP contribution in [-0.4, -0.2) is 44.3 Å². The Kier molecular flexibility index (Phi) is 9.06. The molecule has 0 amide bonds. The van der Waals surface area contributed by atoms with Gasteiger partial charge >= 0.3 is 0 Å². The maximum absolute atomic E-state index is 5.73. The first-order valence-corrected chi connectivity index (χ1v) is 6.10. The van der Waals surface area contributed by atoms with Crippen molar-refractivity contribution >= 4 is 0 Å². The third-order valence-corrected chi connectivity index (χ3v) is 2.52. The Morgan fingerprint density at radius 3 is 2.47 bits per heavy atom. The number of rotatable bonds is 9. The highest BCUT2D eigenvalue weighted by molar-refractivity contribution is 4.64. The van der Waals surface area contributed by atoms with Gasteiger partial charge in [-0.3, -0.25) is 0 Å². The Labute approximate surface area is 95.0 Å². The van der Waals surface area contributed by atoms with E-state index < -0.39 is 0 Å². The molecule has 0 saturated carbocycles. The topological polar surface area (TPSA) is 38.5 Å². The Bertz CT molecular complexity index is 140. The zero-order valence-electron chi connectivity index (χ0n) is 10.8. The summed E-state index contributed by atoms with van der Waals surface area (Å²) in [5, 5.41) is 0. The minimum absolute atomic E-state index is 0.333. The predicted molar refractivity (Wildman–Crippen MR) is 66.0 cm³/mol. The molecule has 0 spiro atoms. The molecule has 0 heterocycles. The molecule has 2 N–H and O–H groups in total. The van der Waals surface area contributed by atoms with Crippen LogP contribution in [0, 0.1) is 5.92 Å². The van der Waals surface area contributed by atoms with Gasteiger partial charge in [-0.25, -0.2) is 0 Å². The minimum Gasteiger partial charge on any atom is -0.377 e. The molecule has 0 aromatic heterocycles. The average molecular weight is 216 g/mol. The molecule has 0 fully saturated rings. The van der Waals surface area contributed by atoms with Gasteiger partial charge in [-0.1, -0.05) is 13.3 Å². The van der Waals surface area contributed by atoms with Crippen LogP contribution in [0.15, 0.2) is 0 Å². The summed E-state index contributed by atoms with van der Waals surface area (Å²) in [6, 6.07) is 0. The molecule has 15 heavy (non-hydrogen) atoms. The Morgan fingerprint density at radius 1 is 1.33 bits per heavy atom. The first kappa shape index (κ1) is 14.9. The third kappa shape index (κ3) is 8.85. The van der Waals surface area contributed by atoms with E-state index in [2.05, 4.69) is 32.7 Å². The molecular formula is C12H28N2O. The van der Waals surface area contributed by atoms with Gasteiger partial charge < -0.3 is 15.4 Å². The highest BCUT2D eigenvalue weighted by atomic mass is 16.5. The van der Waals surface area contributed by atoms with Crippen LogP contribution in [0.25, 0.3) is 0 Å². The summed E-state index contributed by atoms with van der Waals surface area (Å²) in [6.45, 7) is 10.1. The zero-order valence-corrected chi connectivity index (χ0v) is 10.8. The number of likely N-dealkylation sites (N-methyl/N-ethyl adjacent to an activating group) is 1. The van der Waals surface area contributed by atoms with E-state index in [1.807, 2.05) is 0 Å². The van der Waals surface area contributed by atoms with E-state index in [1.165, 1.54) is 12.8 Å². The summed E-state index contributed by atoms with van der Waals surface area (Å²) in [4.78, 5) is 2.32. The lowest BCUT2D eigenvalue weighted by atomic mass is 10.0. The second kappa shape index (κ2) is 9.13. The van der Waals surface area contributed by atoms with Gasteiger partial charge in [0.2, 0.25) is 0 Å². The van der Waals surface area contributed by atoms with Crippen molar-refractivity contribution in [2.45, 2.75) is 39.7 Å². The standard InChI is InChI=1S/C12H28N2O/c1-5-6-12(9-13)10-14(4)7-8-15-11(2)3/h11-12H,5-10,13H2,1-4H3. The highest BCUT2D eigenvalue weighted by Gasteiger charge is 2.08. The maximum atomic E-state index is 5.73. The van der Waals surface area contributed by atoms with E-state index >= 15 is 0 Å². The molecule has 1 atom stereocenters. The molecule has 0 aliphatic heterocycles. The molecule has 0 aromatic rings. The highest BCUT2D eigenvalue weighted by Crippen LogP contribution is 2.05. The van der Waals surface area contributed by atoms with E-state index in [1.54, 1.807) is 0 Å². The second-order valence-corrected chi connectivity index (χ2v) is 4.57. The minimum atomic E-state index is 0.333. The third-order valence-electron chi connectivity index (χ3n) is 2.52. The summed E-state index contributed by atoms with van der Waals surface area (Å²) >= 11 is 0. The van der Waals surface area contributed by atoms with Gasteiger partial charge in [0.15, 0.2) is 0 Å². The monoisotopic (exact) mass is 216 g/mol. The normalized spacial score (nSPS) is 13.8. The molecule has 0 saturated heterocycles. The van der Waals surface area contributed by atoms with Gasteiger partial charge in [-0.2, -0.15) is 0 Å². The first-order valence-electron chi connectivity index (χ1n) is 6.10. The fourth-order valence-corrected chi connectivity index (χ4v) is 1.67. The van der Waals surface area contributed by atoms with E-state index in [4.69, 9.17) is 10.5 Å². The molecule has 1 unspecified atom stereocenters. The van der Waals surface area contributed by atoms with Gasteiger partial charge in [0, 0.05) is 13.1 Å². The van der Waals surface area contributed by atoms with Crippen molar-refractivity contribution in [3.05, 3.63) is 0 Å². The SMILES string of the molecule is CCCC(CN)CN(C)CCOC(C)C. The summed E-state index contributed by atoms with van der Waals surface area (Å²) in [6.07, 6.45) is 2.78. The molecule has 0 aromatic carbocycles. The van der Waals surface area contributed by atoms with Gasteiger partial charge in [0.05, 0.1) is 12.7 Å². The quantitative estimate of drug-likeness (QED) is 0.638. The molecule has 0 aliphatic rings. The van der Waals surface area contributed by atoms with Crippen molar-refractivity contribution in [1.82, 2.24) is 4.90 Å². The number of nitrogens with zero attached hydrogens (tertiary/aromatic N) is 1. The average Bonchev–Trinajstić information content (AvgIpc) is 2.16. The Morgan fingerprint density at radius 2 is 2.00 bits per heavy atom. The Balaban J connectivity index is 3.56. The number of nitrogens with two attached hydrogens (primary N) is 1. The molecule has 3 nitrogen and oxygen atoms in total. The number of hydrogen-bond acceptors (Lipinski definition) is 3. The van der Waals surface area contributed by atoms with Crippen LogP contribution in [0.2, 0.25) is 0 Å². The fourth-order valence-electron chi connectivity index (χ4n) is 1.67. The van der Waals surface area contributed by atoms with Crippen molar-refractivity contribution < 1.29 is 4.74 Å². The van der Waals surface area contributed by atoms with E-state index in [0.717, 1.165) is 26.2 Å². The molecule has 0 aliphatic carbocycles. The van der Waals surface area contributed by atoms with Gasteiger partial charge in [-0.05, 0) is 39.8 Å². The predicted octanol–water partition coefficient (Wildman–Crippen LogP) is 1.72. The summed E-state index contributed by atoms with van der Waals surface area (Å²) in [5.74, 6) is 0.638. The lowest BCUT2D eigenvalue weighted by Crippen LogP contribution is -2.32. The van der Waals surface area contributed by atoms with E-state index in [-0.39, 0.29) is 0 Å². The molecular weight excluding hydrogens is 188 g/mol. The van der Waals surface area contributed by atoms with Crippen LogP contribution in [0.4, 0.5) is 0 Å². The second-order valence-electron chi connectivity index (χ2n) is 4.57. The number of hydrogen-bond donors (Lipinski definition) is 1. The van der Waals surface area contributed by atoms with Crippen LogP contribution < -0.4 is 5.73 Å². The molecule has 0 rings (SSSR count). The molecule has 92 valence electrons. The van der Waals surface area contributed by atoms with Crippen molar-refractivity contribution in [2.75, 3.05) is 33.3 Å². The van der Waals surface area contributed by atoms with Crippen LogP contribution >= 0.6 is 0 Å². The lowest BCUT2D eigenvalue weighted by Gasteiger charge is -2.23. The molecule has 0 radical (unpaired) electrons. The largest absolute Gasteiger partial charge is 0.377 e. The summed E-state index contributed by atoms with van der Waals surface area (Å²) in [5.41, 5.74) is 5.73. The van der Waals surface area contributed by atoms with Crippen molar-refractivity contribution in [3.8, 4) is 0 Å². The summed E-state index contributed by atoms with van der Waals surface area (Å²) < 4.78 is 5.51. The van der Waals surface area contributed by atoms with Crippen LogP contribution in [0.3, 0.4) is 0 Å². The summed E-state index contributed by atoms with van der Waals surface area (Å²) in [7, 11) is 2.14. The first-order chi connectivity index (χ1) is 7.10. The van der Waals surface area contributed by atoms with Crippen LogP contribution in [0.1, 0.15) is 33.6 Å². The lowest BCUT2D eigenvalue weighted by molar-refractivity contribution is 0.0611. The van der Waals surface area contributed by atoms with E-state index in [0.29, 0.717) is 12.0 Å². The fraction of sp³-hybridized carbons (Fsp3) is 1.00. The molecule has 3 heteroatoms. The number of ether oxygens (including phenoxy) is 1. The maximum Gasteiger partial charge on any atom is 0.0596 e. The van der Waals surface area contributed by atoms with Gasteiger partial charge in [-0.15, -0.1) is 0 Å². The van der Waals surface area contributed by atoms with Crippen molar-refractivity contribution in [3.63, 3.8) is 0 Å². The van der Waals surface area contributed by atoms with Crippen LogP contribution in [0.5, 0.6) is 0 Å². The molecule has 0 bridgehead atoms. The van der Waals surface area contributed by atoms with Gasteiger partial charge in [0.25, 0.3) is 0 Å². The Hall–Kier alpha value is -0.120. The van der Waals surface area contributed by atoms with Crippen LogP contribution in [-0.2, 0) is 4.74 Å². The zero-order chi connectivity index (χ0) is 11.7. The van der Waals surface area contributed by atoms with E-state index in [9.17, 15) is 0 Å². The van der Waals surface area contributed by atoms with Crippen molar-refractivity contribution in [1.29, 1.82) is 0 Å². The smallest absolute Gasteiger partial charge is 0.0596 e. The van der Waals surface area contributed by atoms with Crippen molar-refractivity contribution in [2.24, 2.45) is 11.7 Å².